The molecule has 0 bridgehead atoms. The molecule has 0 radical (unpaired) electrons. The molecule has 1 saturated heterocycles. The first-order valence-electron chi connectivity index (χ1n) is 5.51. The van der Waals surface area contributed by atoms with Crippen molar-refractivity contribution in [2.75, 3.05) is 32.8 Å². The molecule has 88 valence electrons. The van der Waals surface area contributed by atoms with E-state index in [9.17, 15) is 4.79 Å². The van der Waals surface area contributed by atoms with Crippen LogP contribution in [0.15, 0.2) is 0 Å². The maximum absolute atomic E-state index is 11.5. The van der Waals surface area contributed by atoms with Gasteiger partial charge in [0.2, 0.25) is 5.91 Å². The Bertz CT molecular complexity index is 193. The Morgan fingerprint density at radius 3 is 2.67 bits per heavy atom. The van der Waals surface area contributed by atoms with Gasteiger partial charge in [-0.25, -0.2) is 0 Å². The minimum absolute atomic E-state index is 0.179. The van der Waals surface area contributed by atoms with E-state index in [1.54, 1.807) is 0 Å². The number of rotatable bonds is 6. The van der Waals surface area contributed by atoms with E-state index in [2.05, 4.69) is 5.32 Å². The van der Waals surface area contributed by atoms with Crippen molar-refractivity contribution in [2.45, 2.75) is 25.4 Å². The van der Waals surface area contributed by atoms with E-state index in [4.69, 9.17) is 10.2 Å². The quantitative estimate of drug-likeness (QED) is 0.495. The third-order valence-corrected chi connectivity index (χ3v) is 2.57. The van der Waals surface area contributed by atoms with Crippen molar-refractivity contribution in [1.82, 2.24) is 10.2 Å². The van der Waals surface area contributed by atoms with Crippen LogP contribution in [-0.2, 0) is 4.79 Å². The van der Waals surface area contributed by atoms with Crippen molar-refractivity contribution in [1.29, 1.82) is 0 Å². The summed E-state index contributed by atoms with van der Waals surface area (Å²) >= 11 is 0. The Morgan fingerprint density at radius 1 is 1.40 bits per heavy atom. The lowest BCUT2D eigenvalue weighted by Gasteiger charge is -2.15. The molecular formula is C10H20N2O3. The van der Waals surface area contributed by atoms with Crippen LogP contribution in [-0.4, -0.2) is 59.9 Å². The van der Waals surface area contributed by atoms with Crippen LogP contribution in [0.1, 0.15) is 19.3 Å². The normalized spacial score (nSPS) is 18.1. The van der Waals surface area contributed by atoms with E-state index in [0.29, 0.717) is 19.5 Å². The first-order chi connectivity index (χ1) is 7.24. The number of hydrogen-bond donors (Lipinski definition) is 3. The zero-order chi connectivity index (χ0) is 11.1. The van der Waals surface area contributed by atoms with Crippen molar-refractivity contribution in [3.05, 3.63) is 0 Å². The molecule has 0 aromatic rings. The minimum Gasteiger partial charge on any atom is -0.394 e. The number of aliphatic hydroxyl groups excluding tert-OH is 2. The van der Waals surface area contributed by atoms with Crippen LogP contribution >= 0.6 is 0 Å². The van der Waals surface area contributed by atoms with Gasteiger partial charge in [0.05, 0.1) is 12.7 Å². The predicted octanol–water partition coefficient (Wildman–Crippen LogP) is -1.06. The number of likely N-dealkylation sites (tertiary alicyclic amines) is 1. The molecule has 1 fully saturated rings. The van der Waals surface area contributed by atoms with Crippen LogP contribution in [0.2, 0.25) is 0 Å². The maximum Gasteiger partial charge on any atom is 0.223 e. The van der Waals surface area contributed by atoms with Crippen molar-refractivity contribution in [3.8, 4) is 0 Å². The molecule has 0 aliphatic carbocycles. The third-order valence-electron chi connectivity index (χ3n) is 2.57. The molecule has 1 aliphatic rings. The van der Waals surface area contributed by atoms with Gasteiger partial charge in [0.15, 0.2) is 0 Å². The topological polar surface area (TPSA) is 72.8 Å². The second-order valence-corrected chi connectivity index (χ2v) is 3.88. The zero-order valence-electron chi connectivity index (χ0n) is 8.98. The summed E-state index contributed by atoms with van der Waals surface area (Å²) in [6, 6.07) is 0. The van der Waals surface area contributed by atoms with Crippen LogP contribution in [0.4, 0.5) is 0 Å². The summed E-state index contributed by atoms with van der Waals surface area (Å²) < 4.78 is 0. The molecule has 0 aromatic carbocycles. The van der Waals surface area contributed by atoms with Gasteiger partial charge in [0.1, 0.15) is 0 Å². The van der Waals surface area contributed by atoms with Crippen LogP contribution in [0.25, 0.3) is 0 Å². The highest BCUT2D eigenvalue weighted by Gasteiger charge is 2.16. The molecule has 5 heteroatoms. The van der Waals surface area contributed by atoms with Crippen LogP contribution in [0.3, 0.4) is 0 Å². The molecule has 0 unspecified atom stereocenters. The Hall–Kier alpha value is -0.650. The number of carbonyl (C=O) groups is 1. The van der Waals surface area contributed by atoms with Crippen LogP contribution < -0.4 is 5.32 Å². The molecule has 0 aromatic heterocycles. The van der Waals surface area contributed by atoms with E-state index in [0.717, 1.165) is 25.9 Å². The molecule has 1 aliphatic heterocycles. The molecule has 0 spiro atoms. The highest BCUT2D eigenvalue weighted by Crippen LogP contribution is 2.08. The molecule has 1 amide bonds. The summed E-state index contributed by atoms with van der Waals surface area (Å²) in [4.78, 5) is 13.4. The fraction of sp³-hybridized carbons (Fsp3) is 0.900. The first kappa shape index (κ1) is 12.4. The fourth-order valence-corrected chi connectivity index (χ4v) is 1.65. The fourth-order valence-electron chi connectivity index (χ4n) is 1.65. The van der Waals surface area contributed by atoms with E-state index in [1.165, 1.54) is 0 Å². The number of nitrogens with one attached hydrogen (secondary N) is 1. The summed E-state index contributed by atoms with van der Waals surface area (Å²) in [5, 5.41) is 20.5. The Labute approximate surface area is 90.1 Å². The number of hydrogen-bond acceptors (Lipinski definition) is 4. The lowest BCUT2D eigenvalue weighted by atomic mass is 10.3. The van der Waals surface area contributed by atoms with Crippen molar-refractivity contribution in [2.24, 2.45) is 0 Å². The number of aliphatic hydroxyl groups is 2. The van der Waals surface area contributed by atoms with E-state index in [1.807, 2.05) is 4.90 Å². The van der Waals surface area contributed by atoms with Crippen molar-refractivity contribution in [3.63, 3.8) is 0 Å². The number of amides is 1. The molecule has 1 heterocycles. The Kier molecular flexibility index (Phi) is 5.60. The van der Waals surface area contributed by atoms with Gasteiger partial charge in [-0.3, -0.25) is 4.79 Å². The smallest absolute Gasteiger partial charge is 0.223 e. The number of nitrogens with zero attached hydrogens (tertiary/aromatic N) is 1. The minimum atomic E-state index is -0.730. The zero-order valence-corrected chi connectivity index (χ0v) is 8.98. The van der Waals surface area contributed by atoms with E-state index >= 15 is 0 Å². The second kappa shape index (κ2) is 6.76. The van der Waals surface area contributed by atoms with Gasteiger partial charge in [-0.15, -0.1) is 0 Å². The van der Waals surface area contributed by atoms with Gasteiger partial charge in [0.25, 0.3) is 0 Å². The molecule has 1 rings (SSSR count). The first-order valence-corrected chi connectivity index (χ1v) is 5.51. The maximum atomic E-state index is 11.5. The van der Waals surface area contributed by atoms with Crippen LogP contribution in [0, 0.1) is 0 Å². The second-order valence-electron chi connectivity index (χ2n) is 3.88. The van der Waals surface area contributed by atoms with Crippen molar-refractivity contribution >= 4 is 5.91 Å². The summed E-state index contributed by atoms with van der Waals surface area (Å²) in [6.45, 7) is 2.43. The predicted molar refractivity (Wildman–Crippen MR) is 56.4 cm³/mol. The highest BCUT2D eigenvalue weighted by atomic mass is 16.3. The van der Waals surface area contributed by atoms with Gasteiger partial charge < -0.3 is 20.4 Å². The third kappa shape index (κ3) is 4.59. The number of carbonyl (C=O) groups excluding carboxylic acids is 1. The molecule has 15 heavy (non-hydrogen) atoms. The van der Waals surface area contributed by atoms with Gasteiger partial charge in [-0.1, -0.05) is 0 Å². The highest BCUT2D eigenvalue weighted by molar-refractivity contribution is 5.76. The SMILES string of the molecule is O=C(CCNC[C@H](O)CO)N1CCCC1. The van der Waals surface area contributed by atoms with Crippen LogP contribution in [0.5, 0.6) is 0 Å². The average molecular weight is 216 g/mol. The van der Waals surface area contributed by atoms with E-state index in [-0.39, 0.29) is 12.5 Å². The summed E-state index contributed by atoms with van der Waals surface area (Å²) in [5.41, 5.74) is 0. The molecular weight excluding hydrogens is 196 g/mol. The van der Waals surface area contributed by atoms with E-state index < -0.39 is 6.10 Å². The van der Waals surface area contributed by atoms with Crippen molar-refractivity contribution < 1.29 is 15.0 Å². The van der Waals surface area contributed by atoms with Gasteiger partial charge >= 0.3 is 0 Å². The molecule has 1 atom stereocenters. The lowest BCUT2D eigenvalue weighted by Crippen LogP contribution is -2.34. The van der Waals surface area contributed by atoms with Gasteiger partial charge in [0, 0.05) is 32.6 Å². The average Bonchev–Trinajstić information content (AvgIpc) is 2.77. The molecule has 0 saturated carbocycles. The summed E-state index contributed by atoms with van der Waals surface area (Å²) in [6.07, 6.45) is 1.97. The van der Waals surface area contributed by atoms with Gasteiger partial charge in [-0.05, 0) is 12.8 Å². The standard InChI is InChI=1S/C10H20N2O3/c13-8-9(14)7-11-4-3-10(15)12-5-1-2-6-12/h9,11,13-14H,1-8H2/t9-/m0/s1. The Balaban J connectivity index is 2.01. The largest absolute Gasteiger partial charge is 0.394 e. The molecule has 3 N–H and O–H groups in total. The van der Waals surface area contributed by atoms with Gasteiger partial charge in [-0.2, -0.15) is 0 Å². The monoisotopic (exact) mass is 216 g/mol. The molecule has 5 nitrogen and oxygen atoms in total. The Morgan fingerprint density at radius 2 is 2.07 bits per heavy atom. The lowest BCUT2D eigenvalue weighted by molar-refractivity contribution is -0.130. The summed E-state index contributed by atoms with van der Waals surface area (Å²) in [5.74, 6) is 0.179. The summed E-state index contributed by atoms with van der Waals surface area (Å²) in [7, 11) is 0.